The number of nitrogens with one attached hydrogen (secondary N) is 3. The van der Waals surface area contributed by atoms with Crippen LogP contribution in [0.2, 0.25) is 0 Å². The van der Waals surface area contributed by atoms with E-state index in [0.717, 1.165) is 29.3 Å². The Labute approximate surface area is 196 Å². The third kappa shape index (κ3) is 7.02. The number of H-pyrrole nitrogens is 1. The molecule has 1 aromatic heterocycles. The molecule has 2 amide bonds. The van der Waals surface area contributed by atoms with Crippen molar-refractivity contribution < 1.29 is 13.9 Å². The minimum Gasteiger partial charge on any atom is -0.351 e. The maximum Gasteiger partial charge on any atom is 0.268 e. The smallest absolute Gasteiger partial charge is 0.268 e. The molecule has 3 rings (SSSR count). The van der Waals surface area contributed by atoms with Crippen molar-refractivity contribution in [2.45, 2.75) is 59.5 Å². The molecule has 0 bridgehead atoms. The Kier molecular flexibility index (Phi) is 10.8. The molecule has 3 aromatic rings. The monoisotopic (exact) mass is 439 g/mol. The lowest BCUT2D eigenvalue weighted by atomic mass is 10.0. The molecule has 176 valence electrons. The van der Waals surface area contributed by atoms with Gasteiger partial charge in [-0.25, -0.2) is 0 Å². The van der Waals surface area contributed by atoms with Gasteiger partial charge in [0.15, 0.2) is 0 Å². The van der Waals surface area contributed by atoms with Gasteiger partial charge in [-0.2, -0.15) is 0 Å². The molecule has 3 N–H and O–H groups in total. The van der Waals surface area contributed by atoms with Gasteiger partial charge in [0.1, 0.15) is 11.7 Å². The van der Waals surface area contributed by atoms with Gasteiger partial charge in [-0.3, -0.25) is 9.59 Å². The Bertz CT molecular complexity index is 1020. The van der Waals surface area contributed by atoms with E-state index < -0.39 is 6.04 Å². The molecular formula is C27H41N3O2. The molecule has 5 heteroatoms. The van der Waals surface area contributed by atoms with Gasteiger partial charge in [-0.1, -0.05) is 89.1 Å². The number of rotatable bonds is 9. The van der Waals surface area contributed by atoms with Crippen LogP contribution < -0.4 is 10.6 Å². The number of fused-ring (bicyclic) bond motifs is 1. The second kappa shape index (κ2) is 13.0. The van der Waals surface area contributed by atoms with Crippen LogP contribution in [0.5, 0.6) is 0 Å². The third-order valence-corrected chi connectivity index (χ3v) is 5.04. The first-order valence-electron chi connectivity index (χ1n) is 10.3. The van der Waals surface area contributed by atoms with E-state index in [-0.39, 0.29) is 37.0 Å². The number of aromatic nitrogens is 1. The zero-order chi connectivity index (χ0) is 21.3. The summed E-state index contributed by atoms with van der Waals surface area (Å²) in [7, 11) is 0. The first-order chi connectivity index (χ1) is 14.6. The number of terminal acetylenes is 1. The summed E-state index contributed by atoms with van der Waals surface area (Å²) in [6.45, 7) is 2.08. The number of para-hydroxylation sites is 1. The van der Waals surface area contributed by atoms with Crippen molar-refractivity contribution in [3.63, 3.8) is 0 Å². The predicted octanol–water partition coefficient (Wildman–Crippen LogP) is 5.83. The van der Waals surface area contributed by atoms with E-state index in [1.165, 1.54) is 0 Å². The van der Waals surface area contributed by atoms with Crippen LogP contribution >= 0.6 is 0 Å². The maximum absolute atomic E-state index is 13.0. The highest BCUT2D eigenvalue weighted by Gasteiger charge is 2.24. The van der Waals surface area contributed by atoms with Crippen LogP contribution in [0.3, 0.4) is 0 Å². The molecule has 0 aliphatic heterocycles. The predicted molar refractivity (Wildman–Crippen MR) is 140 cm³/mol. The van der Waals surface area contributed by atoms with E-state index in [0.29, 0.717) is 18.5 Å². The Hall–Kier alpha value is -3.52. The molecule has 5 nitrogen and oxygen atoms in total. The Morgan fingerprint density at radius 2 is 1.75 bits per heavy atom. The number of carbonyl (C=O) groups is 2. The molecule has 0 radical (unpaired) electrons. The molecule has 0 unspecified atom stereocenters. The Balaban J connectivity index is -0.00000205. The average molecular weight is 440 g/mol. The van der Waals surface area contributed by atoms with Crippen LogP contribution in [0.1, 0.15) is 61.4 Å². The summed E-state index contributed by atoms with van der Waals surface area (Å²) in [5.74, 6) is 2.04. The fraction of sp³-hybridized carbons (Fsp3) is 0.333. The molecule has 1 heterocycles. The molecule has 0 spiro atoms. The van der Waals surface area contributed by atoms with Crippen LogP contribution in [0.25, 0.3) is 10.9 Å². The fourth-order valence-electron chi connectivity index (χ4n) is 3.37. The van der Waals surface area contributed by atoms with Gasteiger partial charge in [-0.05, 0) is 24.1 Å². The summed E-state index contributed by atoms with van der Waals surface area (Å²) < 4.78 is 0. The van der Waals surface area contributed by atoms with Crippen LogP contribution in [0.4, 0.5) is 0 Å². The standard InChI is InChI=1S/C25H27N3O2.2CH4.3H2/c1-3-5-14-20(4-2)26-24(29)22(16-18-11-7-6-8-12-18)28-25(30)23-17-19-13-9-10-15-21(19)27-23;;;;;/h2,6-13,15,17,20,22,27H,3,5,14,16H2,1H3,(H,26,29)(H,28,30);2*1H4;3*1H/t20-,22+;;;;;/m1...../s1. The first kappa shape index (κ1) is 26.5. The molecule has 0 saturated carbocycles. The first-order valence-corrected chi connectivity index (χ1v) is 10.3. The zero-order valence-electron chi connectivity index (χ0n) is 17.2. The van der Waals surface area contributed by atoms with Gasteiger partial charge in [0.25, 0.3) is 5.91 Å². The lowest BCUT2D eigenvalue weighted by Crippen LogP contribution is -2.50. The largest absolute Gasteiger partial charge is 0.351 e. The van der Waals surface area contributed by atoms with Crippen LogP contribution in [-0.4, -0.2) is 28.9 Å². The van der Waals surface area contributed by atoms with Gasteiger partial charge >= 0.3 is 0 Å². The minimum absolute atomic E-state index is 0. The van der Waals surface area contributed by atoms with Crippen molar-refractivity contribution in [2.24, 2.45) is 0 Å². The highest BCUT2D eigenvalue weighted by atomic mass is 16.2. The lowest BCUT2D eigenvalue weighted by molar-refractivity contribution is -0.123. The highest BCUT2D eigenvalue weighted by molar-refractivity contribution is 6.00. The number of carbonyl (C=O) groups excluding carboxylic acids is 2. The second-order valence-electron chi connectivity index (χ2n) is 7.36. The van der Waals surface area contributed by atoms with Crippen molar-refractivity contribution in [3.8, 4) is 12.3 Å². The molecule has 32 heavy (non-hydrogen) atoms. The number of benzene rings is 2. The molecular weight excluding hydrogens is 398 g/mol. The summed E-state index contributed by atoms with van der Waals surface area (Å²) in [6.07, 6.45) is 8.62. The van der Waals surface area contributed by atoms with Gasteiger partial charge in [0.2, 0.25) is 5.91 Å². The Morgan fingerprint density at radius 3 is 2.41 bits per heavy atom. The molecule has 2 aromatic carbocycles. The summed E-state index contributed by atoms with van der Waals surface area (Å²) in [6, 6.07) is 18.0. The fourth-order valence-corrected chi connectivity index (χ4v) is 3.37. The van der Waals surface area contributed by atoms with Gasteiger partial charge < -0.3 is 15.6 Å². The minimum atomic E-state index is -0.733. The van der Waals surface area contributed by atoms with Crippen molar-refractivity contribution in [1.29, 1.82) is 0 Å². The van der Waals surface area contributed by atoms with Crippen molar-refractivity contribution >= 4 is 22.7 Å². The Morgan fingerprint density at radius 1 is 1.06 bits per heavy atom. The molecule has 0 fully saturated rings. The maximum atomic E-state index is 13.0. The van der Waals surface area contributed by atoms with Gasteiger partial charge in [0, 0.05) is 21.6 Å². The van der Waals surface area contributed by atoms with Crippen molar-refractivity contribution in [1.82, 2.24) is 15.6 Å². The van der Waals surface area contributed by atoms with E-state index >= 15 is 0 Å². The molecule has 0 saturated heterocycles. The van der Waals surface area contributed by atoms with E-state index in [1.54, 1.807) is 6.07 Å². The summed E-state index contributed by atoms with van der Waals surface area (Å²) in [4.78, 5) is 29.0. The van der Waals surface area contributed by atoms with E-state index in [4.69, 9.17) is 6.42 Å². The topological polar surface area (TPSA) is 74.0 Å². The third-order valence-electron chi connectivity index (χ3n) is 5.04. The normalized spacial score (nSPS) is 11.9. The molecule has 2 atom stereocenters. The van der Waals surface area contributed by atoms with Crippen LogP contribution in [0, 0.1) is 12.3 Å². The average Bonchev–Trinajstić information content (AvgIpc) is 3.21. The second-order valence-corrected chi connectivity index (χ2v) is 7.36. The number of unbranched alkanes of at least 4 members (excludes halogenated alkanes) is 1. The zero-order valence-corrected chi connectivity index (χ0v) is 17.2. The van der Waals surface area contributed by atoms with E-state index in [1.807, 2.05) is 54.6 Å². The number of hydrogen-bond donors (Lipinski definition) is 3. The quantitative estimate of drug-likeness (QED) is 0.367. The van der Waals surface area contributed by atoms with E-state index in [2.05, 4.69) is 28.5 Å². The van der Waals surface area contributed by atoms with E-state index in [9.17, 15) is 9.59 Å². The summed E-state index contributed by atoms with van der Waals surface area (Å²) in [5.41, 5.74) is 2.25. The van der Waals surface area contributed by atoms with Crippen molar-refractivity contribution in [2.75, 3.05) is 0 Å². The van der Waals surface area contributed by atoms with Crippen LogP contribution in [0.15, 0.2) is 60.7 Å². The number of aromatic amines is 1. The van der Waals surface area contributed by atoms with Crippen LogP contribution in [-0.2, 0) is 11.2 Å². The summed E-state index contributed by atoms with van der Waals surface area (Å²) >= 11 is 0. The SMILES string of the molecule is C.C.C#C[C@H](CCCC)NC(=O)[C@H](Cc1ccccc1)NC(=O)c1cc2ccccc2[nH]1.[HH].[HH].[HH]. The summed E-state index contributed by atoms with van der Waals surface area (Å²) in [5, 5.41) is 6.73. The van der Waals surface area contributed by atoms with Gasteiger partial charge in [0.05, 0.1) is 6.04 Å². The number of amides is 2. The van der Waals surface area contributed by atoms with Crippen molar-refractivity contribution in [3.05, 3.63) is 71.9 Å². The highest BCUT2D eigenvalue weighted by Crippen LogP contribution is 2.15. The molecule has 0 aliphatic rings. The number of hydrogen-bond acceptors (Lipinski definition) is 2. The lowest BCUT2D eigenvalue weighted by Gasteiger charge is -2.21. The van der Waals surface area contributed by atoms with Gasteiger partial charge in [-0.15, -0.1) is 6.42 Å². The molecule has 0 aliphatic carbocycles.